The number of Topliss-reactive ketones (excluding diaryl/α,β-unsaturated/α-hetero) is 1. The molecule has 1 atom stereocenters. The number of aromatic amines is 1. The maximum atomic E-state index is 13.1. The van der Waals surface area contributed by atoms with Gasteiger partial charge in [-0.1, -0.05) is 18.2 Å². The predicted molar refractivity (Wildman–Crippen MR) is 104 cm³/mol. The summed E-state index contributed by atoms with van der Waals surface area (Å²) in [6.45, 7) is 6.60. The van der Waals surface area contributed by atoms with Crippen molar-refractivity contribution in [1.29, 1.82) is 0 Å². The minimum absolute atomic E-state index is 0. The maximum Gasteiger partial charge on any atom is 0.178 e. The van der Waals surface area contributed by atoms with Gasteiger partial charge in [0, 0.05) is 35.2 Å². The first kappa shape index (κ1) is 18.0. The topological polar surface area (TPSA) is 62.7 Å². The number of carbonyl (C=O) groups excluding carboxylic acids is 1. The Kier molecular flexibility index (Phi) is 5.22. The molecule has 0 amide bonds. The summed E-state index contributed by atoms with van der Waals surface area (Å²) in [5.41, 5.74) is 3.95. The molecule has 132 valence electrons. The number of thioether (sulfide) groups is 1. The molecule has 1 unspecified atom stereocenters. The molecular weight excluding hydrogens is 356 g/mol. The van der Waals surface area contributed by atoms with Gasteiger partial charge in [0.15, 0.2) is 5.78 Å². The van der Waals surface area contributed by atoms with Crippen LogP contribution in [0, 0.1) is 6.92 Å². The van der Waals surface area contributed by atoms with Gasteiger partial charge >= 0.3 is 0 Å². The van der Waals surface area contributed by atoms with Gasteiger partial charge in [-0.2, -0.15) is 5.10 Å². The summed E-state index contributed by atoms with van der Waals surface area (Å²) >= 11 is 1.60. The molecule has 0 aliphatic carbocycles. The standard InChI is InChI=1S/C18H20N4OS.ClH/c1-11-17(13-5-3-4-6-14(13)21-11)18(23)12(2)24-16-10-20-22-8-7-19-9-15(16)22;/h3-6,10,12,19,21H,7-9H2,1-2H3;1H. The Balaban J connectivity index is 0.00000182. The summed E-state index contributed by atoms with van der Waals surface area (Å²) in [5.74, 6) is 0.165. The van der Waals surface area contributed by atoms with Crippen LogP contribution in [-0.4, -0.2) is 32.3 Å². The molecule has 0 fully saturated rings. The number of hydrogen-bond donors (Lipinski definition) is 2. The van der Waals surface area contributed by atoms with E-state index in [0.717, 1.165) is 46.7 Å². The molecule has 0 saturated carbocycles. The highest BCUT2D eigenvalue weighted by Gasteiger charge is 2.24. The van der Waals surface area contributed by atoms with Crippen molar-refractivity contribution in [3.05, 3.63) is 47.4 Å². The van der Waals surface area contributed by atoms with E-state index in [0.29, 0.717) is 0 Å². The van der Waals surface area contributed by atoms with Gasteiger partial charge in [-0.05, 0) is 19.9 Å². The fraction of sp³-hybridized carbons (Fsp3) is 0.333. The van der Waals surface area contributed by atoms with E-state index in [1.54, 1.807) is 11.8 Å². The number of para-hydroxylation sites is 1. The van der Waals surface area contributed by atoms with Crippen molar-refractivity contribution in [1.82, 2.24) is 20.1 Å². The summed E-state index contributed by atoms with van der Waals surface area (Å²) in [6, 6.07) is 7.98. The van der Waals surface area contributed by atoms with Gasteiger partial charge in [-0.15, -0.1) is 24.2 Å². The molecule has 3 heterocycles. The van der Waals surface area contributed by atoms with Crippen molar-refractivity contribution in [3.8, 4) is 0 Å². The van der Waals surface area contributed by atoms with E-state index in [1.165, 1.54) is 5.69 Å². The molecule has 25 heavy (non-hydrogen) atoms. The molecular formula is C18H21ClN4OS. The van der Waals surface area contributed by atoms with Crippen LogP contribution in [0.1, 0.15) is 28.7 Å². The van der Waals surface area contributed by atoms with Crippen molar-refractivity contribution in [3.63, 3.8) is 0 Å². The number of aryl methyl sites for hydroxylation is 1. The third kappa shape index (κ3) is 3.21. The average molecular weight is 377 g/mol. The zero-order valence-corrected chi connectivity index (χ0v) is 15.8. The number of aromatic nitrogens is 3. The first-order valence-corrected chi connectivity index (χ1v) is 9.06. The second kappa shape index (κ2) is 7.23. The molecule has 0 saturated heterocycles. The normalized spacial score (nSPS) is 14.8. The molecule has 1 aliphatic rings. The van der Waals surface area contributed by atoms with Gasteiger partial charge in [0.25, 0.3) is 0 Å². The van der Waals surface area contributed by atoms with Crippen molar-refractivity contribution >= 4 is 40.9 Å². The van der Waals surface area contributed by atoms with Crippen LogP contribution in [0.4, 0.5) is 0 Å². The highest BCUT2D eigenvalue weighted by atomic mass is 35.5. The average Bonchev–Trinajstić information content (AvgIpc) is 3.14. The first-order valence-electron chi connectivity index (χ1n) is 8.18. The summed E-state index contributed by atoms with van der Waals surface area (Å²) in [4.78, 5) is 17.5. The summed E-state index contributed by atoms with van der Waals surface area (Å²) in [6.07, 6.45) is 1.89. The van der Waals surface area contributed by atoms with Crippen LogP contribution >= 0.6 is 24.2 Å². The Morgan fingerprint density at radius 3 is 3.00 bits per heavy atom. The SMILES string of the molecule is Cc1[nH]c2ccccc2c1C(=O)C(C)Sc1cnn2c1CNCC2.Cl. The molecule has 4 rings (SSSR count). The van der Waals surface area contributed by atoms with Gasteiger partial charge in [0.05, 0.1) is 28.6 Å². The minimum atomic E-state index is -0.154. The number of benzene rings is 1. The lowest BCUT2D eigenvalue weighted by Crippen LogP contribution is -2.28. The number of H-pyrrole nitrogens is 1. The lowest BCUT2D eigenvalue weighted by molar-refractivity contribution is 0.0995. The number of fused-ring (bicyclic) bond motifs is 2. The largest absolute Gasteiger partial charge is 0.358 e. The molecule has 0 spiro atoms. The Labute approximate surface area is 157 Å². The Hall–Kier alpha value is -1.76. The molecule has 1 aliphatic heterocycles. The third-order valence-corrected chi connectivity index (χ3v) is 5.68. The van der Waals surface area contributed by atoms with Gasteiger partial charge in [-0.3, -0.25) is 9.48 Å². The van der Waals surface area contributed by atoms with Crippen LogP contribution in [0.3, 0.4) is 0 Å². The second-order valence-corrected chi connectivity index (χ2v) is 7.53. The summed E-state index contributed by atoms with van der Waals surface area (Å²) in [7, 11) is 0. The first-order chi connectivity index (χ1) is 11.6. The number of ketones is 1. The van der Waals surface area contributed by atoms with Crippen LogP contribution in [0.2, 0.25) is 0 Å². The monoisotopic (exact) mass is 376 g/mol. The summed E-state index contributed by atoms with van der Waals surface area (Å²) in [5, 5.41) is 8.66. The van der Waals surface area contributed by atoms with E-state index in [9.17, 15) is 4.79 Å². The lowest BCUT2D eigenvalue weighted by Gasteiger charge is -2.17. The predicted octanol–water partition coefficient (Wildman–Crippen LogP) is 3.56. The molecule has 5 nitrogen and oxygen atoms in total. The zero-order valence-electron chi connectivity index (χ0n) is 14.2. The number of nitrogens with one attached hydrogen (secondary N) is 2. The van der Waals surface area contributed by atoms with Crippen molar-refractivity contribution in [2.45, 2.75) is 37.1 Å². The van der Waals surface area contributed by atoms with E-state index >= 15 is 0 Å². The van der Waals surface area contributed by atoms with E-state index < -0.39 is 0 Å². The number of halogens is 1. The van der Waals surface area contributed by atoms with Crippen molar-refractivity contribution in [2.24, 2.45) is 0 Å². The van der Waals surface area contributed by atoms with Crippen LogP contribution in [0.15, 0.2) is 35.4 Å². The molecule has 2 aromatic heterocycles. The lowest BCUT2D eigenvalue weighted by atomic mass is 10.1. The molecule has 0 radical (unpaired) electrons. The number of nitrogens with zero attached hydrogens (tertiary/aromatic N) is 2. The Morgan fingerprint density at radius 1 is 1.36 bits per heavy atom. The van der Waals surface area contributed by atoms with Crippen LogP contribution in [0.25, 0.3) is 10.9 Å². The fourth-order valence-corrected chi connectivity index (χ4v) is 4.32. The van der Waals surface area contributed by atoms with Gasteiger partial charge < -0.3 is 10.3 Å². The maximum absolute atomic E-state index is 13.1. The Bertz CT molecular complexity index is 917. The van der Waals surface area contributed by atoms with E-state index in [1.807, 2.05) is 49.0 Å². The van der Waals surface area contributed by atoms with E-state index in [2.05, 4.69) is 15.4 Å². The van der Waals surface area contributed by atoms with Gasteiger partial charge in [0.1, 0.15) is 0 Å². The molecule has 2 N–H and O–H groups in total. The fourth-order valence-electron chi connectivity index (χ4n) is 3.30. The van der Waals surface area contributed by atoms with Crippen LogP contribution < -0.4 is 5.32 Å². The quantitative estimate of drug-likeness (QED) is 0.540. The number of carbonyl (C=O) groups is 1. The van der Waals surface area contributed by atoms with Gasteiger partial charge in [-0.25, -0.2) is 0 Å². The third-order valence-electron chi connectivity index (χ3n) is 4.52. The second-order valence-electron chi connectivity index (χ2n) is 6.15. The highest BCUT2D eigenvalue weighted by molar-refractivity contribution is 8.00. The highest BCUT2D eigenvalue weighted by Crippen LogP contribution is 2.32. The summed E-state index contributed by atoms with van der Waals surface area (Å²) < 4.78 is 2.03. The minimum Gasteiger partial charge on any atom is -0.358 e. The molecule has 0 bridgehead atoms. The number of rotatable bonds is 4. The van der Waals surface area contributed by atoms with Crippen molar-refractivity contribution in [2.75, 3.05) is 6.54 Å². The van der Waals surface area contributed by atoms with Crippen LogP contribution in [-0.2, 0) is 13.1 Å². The van der Waals surface area contributed by atoms with Crippen molar-refractivity contribution < 1.29 is 4.79 Å². The van der Waals surface area contributed by atoms with E-state index in [4.69, 9.17) is 0 Å². The Morgan fingerprint density at radius 2 is 2.16 bits per heavy atom. The molecule has 3 aromatic rings. The zero-order chi connectivity index (χ0) is 16.7. The van der Waals surface area contributed by atoms with Gasteiger partial charge in [0.2, 0.25) is 0 Å². The molecule has 7 heteroatoms. The van der Waals surface area contributed by atoms with E-state index in [-0.39, 0.29) is 23.4 Å². The molecule has 1 aromatic carbocycles. The van der Waals surface area contributed by atoms with Crippen LogP contribution in [0.5, 0.6) is 0 Å². The smallest absolute Gasteiger partial charge is 0.178 e. The number of hydrogen-bond acceptors (Lipinski definition) is 4.